The molecule has 0 radical (unpaired) electrons. The Labute approximate surface area is 136 Å². The molecule has 0 heterocycles. The second kappa shape index (κ2) is 7.64. The van der Waals surface area contributed by atoms with Crippen molar-refractivity contribution in [1.29, 1.82) is 5.26 Å². The van der Waals surface area contributed by atoms with Gasteiger partial charge in [-0.3, -0.25) is 4.79 Å². The van der Waals surface area contributed by atoms with E-state index in [1.165, 1.54) is 0 Å². The van der Waals surface area contributed by atoms with Gasteiger partial charge in [-0.2, -0.15) is 5.26 Å². The maximum Gasteiger partial charge on any atom is 0.314 e. The third-order valence-electron chi connectivity index (χ3n) is 3.94. The van der Waals surface area contributed by atoms with Gasteiger partial charge >= 0.3 is 5.97 Å². The van der Waals surface area contributed by atoms with E-state index in [9.17, 15) is 10.1 Å². The summed E-state index contributed by atoms with van der Waals surface area (Å²) in [5, 5.41) is 18.8. The van der Waals surface area contributed by atoms with Crippen molar-refractivity contribution in [2.75, 3.05) is 6.61 Å². The molecule has 23 heavy (non-hydrogen) atoms. The first-order valence-corrected chi connectivity index (χ1v) is 7.88. The van der Waals surface area contributed by atoms with Crippen LogP contribution >= 0.6 is 0 Å². The Morgan fingerprint density at radius 3 is 2.61 bits per heavy atom. The van der Waals surface area contributed by atoms with Gasteiger partial charge in [0.15, 0.2) is 0 Å². The first kappa shape index (κ1) is 16.8. The Morgan fingerprint density at radius 2 is 2.00 bits per heavy atom. The van der Waals surface area contributed by atoms with E-state index in [1.54, 1.807) is 24.3 Å². The summed E-state index contributed by atoms with van der Waals surface area (Å²) in [7, 11) is 0. The van der Waals surface area contributed by atoms with Crippen LogP contribution < -0.4 is 4.74 Å². The Balaban J connectivity index is 2.26. The summed E-state index contributed by atoms with van der Waals surface area (Å²) in [6.45, 7) is 2.74. The number of ether oxygens (including phenoxy) is 1. The minimum absolute atomic E-state index is 0.609. The zero-order valence-electron chi connectivity index (χ0n) is 13.2. The number of carbonyl (C=O) groups is 1. The van der Waals surface area contributed by atoms with Gasteiger partial charge in [-0.05, 0) is 12.5 Å². The van der Waals surface area contributed by atoms with Crippen LogP contribution in [0.1, 0.15) is 31.7 Å². The van der Waals surface area contributed by atoms with Crippen LogP contribution in [0.25, 0.3) is 0 Å². The molecule has 0 amide bonds. The minimum atomic E-state index is -0.979. The number of carboxylic acid groups (broad SMARTS) is 1. The summed E-state index contributed by atoms with van der Waals surface area (Å²) in [5.74, 6) is -0.935. The van der Waals surface area contributed by atoms with Gasteiger partial charge in [0.05, 0.1) is 18.6 Å². The molecule has 0 unspecified atom stereocenters. The van der Waals surface area contributed by atoms with E-state index in [4.69, 9.17) is 9.84 Å². The second-order valence-electron chi connectivity index (χ2n) is 5.61. The minimum Gasteiger partial charge on any atom is -0.493 e. The second-order valence-corrected chi connectivity index (χ2v) is 5.61. The molecular formula is C19H21NO3. The first-order valence-electron chi connectivity index (χ1n) is 7.88. The number of hydrogen-bond donors (Lipinski definition) is 1. The lowest BCUT2D eigenvalue weighted by molar-refractivity contribution is -0.138. The fourth-order valence-corrected chi connectivity index (χ4v) is 2.58. The third-order valence-corrected chi connectivity index (χ3v) is 3.94. The molecule has 4 heteroatoms. The van der Waals surface area contributed by atoms with Gasteiger partial charge in [0.25, 0.3) is 0 Å². The Kier molecular flexibility index (Phi) is 5.59. The van der Waals surface area contributed by atoms with Gasteiger partial charge in [0.2, 0.25) is 0 Å². The van der Waals surface area contributed by atoms with Crippen molar-refractivity contribution < 1.29 is 14.6 Å². The van der Waals surface area contributed by atoms with E-state index < -0.39 is 17.3 Å². The van der Waals surface area contributed by atoms with Crippen molar-refractivity contribution in [1.82, 2.24) is 0 Å². The first-order chi connectivity index (χ1) is 11.1. The van der Waals surface area contributed by atoms with Crippen LogP contribution in [0.3, 0.4) is 0 Å². The summed E-state index contributed by atoms with van der Waals surface area (Å²) in [4.78, 5) is 11.0. The Morgan fingerprint density at radius 1 is 1.30 bits per heavy atom. The van der Waals surface area contributed by atoms with Gasteiger partial charge in [-0.1, -0.05) is 62.3 Å². The summed E-state index contributed by atoms with van der Waals surface area (Å²) in [6.07, 6.45) is 9.61. The van der Waals surface area contributed by atoms with Crippen LogP contribution in [0, 0.1) is 17.2 Å². The summed E-state index contributed by atoms with van der Waals surface area (Å²) in [6, 6.07) is 9.73. The molecule has 0 aliphatic heterocycles. The van der Waals surface area contributed by atoms with Crippen LogP contribution in [0.15, 0.2) is 48.6 Å². The Bertz CT molecular complexity index is 641. The van der Waals surface area contributed by atoms with Gasteiger partial charge < -0.3 is 9.84 Å². The predicted octanol–water partition coefficient (Wildman–Crippen LogP) is 3.84. The lowest BCUT2D eigenvalue weighted by atomic mass is 9.76. The summed E-state index contributed by atoms with van der Waals surface area (Å²) >= 11 is 0. The standard InChI is InChI=1S/C19H21NO3/c1-2-3-6-13-23-17-8-5-4-7-16(17)19(14-20)11-9-15(10-12-19)18(21)22/h4-5,7-12,15H,2-3,6,13H2,1H3,(H,21,22). The molecule has 0 fully saturated rings. The quantitative estimate of drug-likeness (QED) is 0.613. The number of nitrogens with zero attached hydrogens (tertiary/aromatic N) is 1. The van der Waals surface area contributed by atoms with Gasteiger partial charge in [-0.15, -0.1) is 0 Å². The molecule has 0 atom stereocenters. The molecular weight excluding hydrogens is 290 g/mol. The highest BCUT2D eigenvalue weighted by Crippen LogP contribution is 2.37. The molecule has 1 N–H and O–H groups in total. The van der Waals surface area contributed by atoms with Crippen LogP contribution in [0.2, 0.25) is 0 Å². The van der Waals surface area contributed by atoms with Crippen molar-refractivity contribution in [3.8, 4) is 11.8 Å². The smallest absolute Gasteiger partial charge is 0.314 e. The molecule has 0 saturated carbocycles. The molecule has 1 aliphatic rings. The lowest BCUT2D eigenvalue weighted by Gasteiger charge is -2.25. The van der Waals surface area contributed by atoms with Crippen molar-refractivity contribution in [3.63, 3.8) is 0 Å². The van der Waals surface area contributed by atoms with Crippen LogP contribution in [0.5, 0.6) is 5.75 Å². The number of allylic oxidation sites excluding steroid dienone is 2. The summed E-state index contributed by atoms with van der Waals surface area (Å²) < 4.78 is 5.86. The van der Waals surface area contributed by atoms with Gasteiger partial charge in [-0.25, -0.2) is 0 Å². The highest BCUT2D eigenvalue weighted by atomic mass is 16.5. The molecule has 1 aliphatic carbocycles. The van der Waals surface area contributed by atoms with Crippen molar-refractivity contribution >= 4 is 5.97 Å². The highest BCUT2D eigenvalue weighted by molar-refractivity contribution is 5.75. The van der Waals surface area contributed by atoms with Gasteiger partial charge in [0, 0.05) is 5.56 Å². The summed E-state index contributed by atoms with van der Waals surface area (Å²) in [5.41, 5.74) is -0.233. The molecule has 2 rings (SSSR count). The molecule has 1 aromatic carbocycles. The molecule has 0 spiro atoms. The van der Waals surface area contributed by atoms with E-state index in [1.807, 2.05) is 24.3 Å². The molecule has 0 aromatic heterocycles. The van der Waals surface area contributed by atoms with Crippen LogP contribution in [0.4, 0.5) is 0 Å². The normalized spacial score (nSPS) is 22.5. The zero-order chi connectivity index (χ0) is 16.7. The number of nitriles is 1. The molecule has 4 nitrogen and oxygen atoms in total. The molecule has 1 aromatic rings. The number of benzene rings is 1. The van der Waals surface area contributed by atoms with Crippen molar-refractivity contribution in [2.24, 2.45) is 5.92 Å². The number of para-hydroxylation sites is 1. The number of hydrogen-bond acceptors (Lipinski definition) is 3. The largest absolute Gasteiger partial charge is 0.493 e. The maximum absolute atomic E-state index is 11.0. The molecule has 120 valence electrons. The third kappa shape index (κ3) is 3.81. The monoisotopic (exact) mass is 311 g/mol. The van der Waals surface area contributed by atoms with Crippen molar-refractivity contribution in [2.45, 2.75) is 31.6 Å². The number of aliphatic carboxylic acids is 1. The van der Waals surface area contributed by atoms with E-state index in [0.717, 1.165) is 24.8 Å². The maximum atomic E-state index is 11.0. The number of rotatable bonds is 7. The van der Waals surface area contributed by atoms with Crippen LogP contribution in [-0.2, 0) is 10.2 Å². The molecule has 0 bridgehead atoms. The topological polar surface area (TPSA) is 70.3 Å². The lowest BCUT2D eigenvalue weighted by Crippen LogP contribution is -2.24. The Hall–Kier alpha value is -2.54. The predicted molar refractivity (Wildman–Crippen MR) is 88.2 cm³/mol. The number of unbranched alkanes of at least 4 members (excludes halogenated alkanes) is 2. The average Bonchev–Trinajstić information content (AvgIpc) is 2.59. The van der Waals surface area contributed by atoms with E-state index in [0.29, 0.717) is 12.4 Å². The van der Waals surface area contributed by atoms with Crippen LogP contribution in [-0.4, -0.2) is 17.7 Å². The highest BCUT2D eigenvalue weighted by Gasteiger charge is 2.33. The van der Waals surface area contributed by atoms with E-state index in [-0.39, 0.29) is 0 Å². The molecule has 0 saturated heterocycles. The zero-order valence-corrected chi connectivity index (χ0v) is 13.2. The fourth-order valence-electron chi connectivity index (χ4n) is 2.58. The van der Waals surface area contributed by atoms with Crippen molar-refractivity contribution in [3.05, 3.63) is 54.1 Å². The SMILES string of the molecule is CCCCCOc1ccccc1C1(C#N)C=CC(C(=O)O)C=C1. The fraction of sp³-hybridized carbons (Fsp3) is 0.368. The average molecular weight is 311 g/mol. The van der Waals surface area contributed by atoms with E-state index >= 15 is 0 Å². The van der Waals surface area contributed by atoms with Gasteiger partial charge in [0.1, 0.15) is 11.2 Å². The number of carboxylic acids is 1. The van der Waals surface area contributed by atoms with E-state index in [2.05, 4.69) is 13.0 Å².